The Labute approximate surface area is 216 Å². The number of nitrogens with one attached hydrogen (secondary N) is 1. The zero-order chi connectivity index (χ0) is 26.2. The number of hydrogen-bond donors (Lipinski definition) is 1. The molecule has 0 radical (unpaired) electrons. The van der Waals surface area contributed by atoms with Crippen molar-refractivity contribution < 1.29 is 19.0 Å². The summed E-state index contributed by atoms with van der Waals surface area (Å²) in [5.41, 5.74) is 1.69. The Morgan fingerprint density at radius 2 is 1.78 bits per heavy atom. The van der Waals surface area contributed by atoms with Crippen LogP contribution in [-0.2, 0) is 17.6 Å². The molecule has 0 saturated heterocycles. The highest BCUT2D eigenvalue weighted by Crippen LogP contribution is 2.28. The molecule has 0 unspecified atom stereocenters. The Hall–Kier alpha value is -3.88. The molecule has 1 aliphatic carbocycles. The van der Waals surface area contributed by atoms with Crippen LogP contribution < -0.4 is 19.8 Å². The first-order valence-corrected chi connectivity index (χ1v) is 12.6. The van der Waals surface area contributed by atoms with Gasteiger partial charge in [0.25, 0.3) is 5.56 Å². The lowest BCUT2D eigenvalue weighted by atomic mass is 9.86. The molecule has 1 N–H and O–H groups in total. The highest BCUT2D eigenvalue weighted by atomic mass is 16.5. The van der Waals surface area contributed by atoms with Crippen molar-refractivity contribution in [2.24, 2.45) is 5.92 Å². The van der Waals surface area contributed by atoms with Crippen molar-refractivity contribution in [2.75, 3.05) is 34.4 Å². The summed E-state index contributed by atoms with van der Waals surface area (Å²) in [5, 5.41) is 8.27. The SMILES string of the molecule is COc1ccc(CCN(C)C(=O)CCc2nnc(-c3ccc(OCC4CCC4)cc3)[nH]c2=O)cc1OC. The molecule has 1 heterocycles. The number of carbonyl (C=O) groups is 1. The number of nitrogens with zero attached hydrogens (tertiary/aromatic N) is 3. The van der Waals surface area contributed by atoms with Crippen LogP contribution in [0.5, 0.6) is 17.2 Å². The molecular weight excluding hydrogens is 472 g/mol. The van der Waals surface area contributed by atoms with Crippen LogP contribution in [0.25, 0.3) is 11.4 Å². The highest BCUT2D eigenvalue weighted by molar-refractivity contribution is 5.76. The fraction of sp³-hybridized carbons (Fsp3) is 0.429. The standard InChI is InChI=1S/C28H34N4O5/c1-32(16-15-19-7-13-24(35-2)25(17-19)36-3)26(33)14-12-23-28(34)29-27(31-30-23)21-8-10-22(11-9-21)37-18-20-5-4-6-20/h7-11,13,17,20H,4-6,12,14-16,18H2,1-3H3,(H,29,31,34). The van der Waals surface area contributed by atoms with Gasteiger partial charge in [-0.05, 0) is 67.1 Å². The van der Waals surface area contributed by atoms with Crippen molar-refractivity contribution in [3.8, 4) is 28.6 Å². The number of likely N-dealkylation sites (N-methyl/N-ethyl adjacent to an activating group) is 1. The van der Waals surface area contributed by atoms with Crippen LogP contribution in [0.15, 0.2) is 47.3 Å². The number of aromatic nitrogens is 3. The Bertz CT molecular complexity index is 1250. The number of hydrogen-bond acceptors (Lipinski definition) is 7. The number of rotatable bonds is 12. The molecule has 1 saturated carbocycles. The Balaban J connectivity index is 1.27. The van der Waals surface area contributed by atoms with Crippen molar-refractivity contribution >= 4 is 5.91 Å². The molecule has 37 heavy (non-hydrogen) atoms. The second-order valence-electron chi connectivity index (χ2n) is 9.34. The summed E-state index contributed by atoms with van der Waals surface area (Å²) >= 11 is 0. The van der Waals surface area contributed by atoms with Gasteiger partial charge in [-0.15, -0.1) is 10.2 Å². The van der Waals surface area contributed by atoms with Gasteiger partial charge in [0, 0.05) is 32.0 Å². The van der Waals surface area contributed by atoms with E-state index in [-0.39, 0.29) is 30.0 Å². The lowest BCUT2D eigenvalue weighted by Crippen LogP contribution is -2.30. The van der Waals surface area contributed by atoms with Gasteiger partial charge in [0.1, 0.15) is 11.4 Å². The molecule has 0 spiro atoms. The van der Waals surface area contributed by atoms with E-state index in [2.05, 4.69) is 15.2 Å². The molecule has 0 bridgehead atoms. The van der Waals surface area contributed by atoms with E-state index in [0.717, 1.165) is 23.5 Å². The molecular formula is C28H34N4O5. The third-order valence-electron chi connectivity index (χ3n) is 6.79. The first-order valence-electron chi connectivity index (χ1n) is 12.6. The second kappa shape index (κ2) is 12.4. The monoisotopic (exact) mass is 506 g/mol. The van der Waals surface area contributed by atoms with Gasteiger partial charge < -0.3 is 24.1 Å². The minimum atomic E-state index is -0.337. The number of aryl methyl sites for hydroxylation is 1. The molecule has 196 valence electrons. The number of carbonyl (C=O) groups excluding carboxylic acids is 1. The summed E-state index contributed by atoms with van der Waals surface area (Å²) in [5.74, 6) is 3.11. The second-order valence-corrected chi connectivity index (χ2v) is 9.34. The Morgan fingerprint density at radius 3 is 2.43 bits per heavy atom. The molecule has 4 rings (SSSR count). The normalized spacial score (nSPS) is 13.1. The fourth-order valence-corrected chi connectivity index (χ4v) is 4.11. The van der Waals surface area contributed by atoms with E-state index in [9.17, 15) is 9.59 Å². The highest BCUT2D eigenvalue weighted by Gasteiger charge is 2.18. The van der Waals surface area contributed by atoms with E-state index in [4.69, 9.17) is 14.2 Å². The number of aromatic amines is 1. The average Bonchev–Trinajstić information content (AvgIpc) is 2.90. The molecule has 1 aliphatic rings. The molecule has 1 fully saturated rings. The fourth-order valence-electron chi connectivity index (χ4n) is 4.11. The third-order valence-corrected chi connectivity index (χ3v) is 6.79. The Kier molecular flexibility index (Phi) is 8.77. The van der Waals surface area contributed by atoms with E-state index < -0.39 is 0 Å². The van der Waals surface area contributed by atoms with Crippen molar-refractivity contribution in [1.29, 1.82) is 0 Å². The van der Waals surface area contributed by atoms with Crippen LogP contribution >= 0.6 is 0 Å². The summed E-state index contributed by atoms with van der Waals surface area (Å²) in [6.07, 6.45) is 4.83. The maximum atomic E-state index is 12.6. The topological polar surface area (TPSA) is 107 Å². The van der Waals surface area contributed by atoms with E-state index >= 15 is 0 Å². The number of H-pyrrole nitrogens is 1. The number of benzene rings is 2. The summed E-state index contributed by atoms with van der Waals surface area (Å²) in [6.45, 7) is 1.28. The smallest absolute Gasteiger partial charge is 0.273 e. The van der Waals surface area contributed by atoms with Crippen LogP contribution in [0.2, 0.25) is 0 Å². The Morgan fingerprint density at radius 1 is 1.03 bits per heavy atom. The van der Waals surface area contributed by atoms with E-state index in [1.807, 2.05) is 42.5 Å². The zero-order valence-electron chi connectivity index (χ0n) is 21.7. The van der Waals surface area contributed by atoms with Crippen molar-refractivity contribution in [3.63, 3.8) is 0 Å². The largest absolute Gasteiger partial charge is 0.493 e. The van der Waals surface area contributed by atoms with Gasteiger partial charge >= 0.3 is 0 Å². The van der Waals surface area contributed by atoms with Gasteiger partial charge in [-0.25, -0.2) is 0 Å². The average molecular weight is 507 g/mol. The van der Waals surface area contributed by atoms with Crippen LogP contribution in [0.1, 0.15) is 36.9 Å². The quantitative estimate of drug-likeness (QED) is 0.400. The lowest BCUT2D eigenvalue weighted by molar-refractivity contribution is -0.129. The van der Waals surface area contributed by atoms with E-state index in [1.165, 1.54) is 19.3 Å². The number of amides is 1. The molecule has 1 amide bonds. The first-order chi connectivity index (χ1) is 18.0. The van der Waals surface area contributed by atoms with Gasteiger partial charge in [0.05, 0.1) is 20.8 Å². The van der Waals surface area contributed by atoms with Crippen LogP contribution in [0.3, 0.4) is 0 Å². The molecule has 9 heteroatoms. The maximum absolute atomic E-state index is 12.6. The first kappa shape index (κ1) is 26.2. The van der Waals surface area contributed by atoms with Gasteiger partial charge in [0.2, 0.25) is 5.91 Å². The summed E-state index contributed by atoms with van der Waals surface area (Å²) < 4.78 is 16.4. The van der Waals surface area contributed by atoms with Crippen LogP contribution in [-0.4, -0.2) is 60.4 Å². The summed E-state index contributed by atoms with van der Waals surface area (Å²) in [6, 6.07) is 13.2. The van der Waals surface area contributed by atoms with Crippen molar-refractivity contribution in [1.82, 2.24) is 20.1 Å². The summed E-state index contributed by atoms with van der Waals surface area (Å²) in [7, 11) is 4.94. The molecule has 0 atom stereocenters. The maximum Gasteiger partial charge on any atom is 0.273 e. The predicted octanol–water partition coefficient (Wildman–Crippen LogP) is 3.66. The zero-order valence-corrected chi connectivity index (χ0v) is 21.7. The van der Waals surface area contributed by atoms with Gasteiger partial charge in [-0.1, -0.05) is 12.5 Å². The van der Waals surface area contributed by atoms with Crippen molar-refractivity contribution in [3.05, 3.63) is 64.1 Å². The minimum absolute atomic E-state index is 0.0664. The van der Waals surface area contributed by atoms with E-state index in [1.54, 1.807) is 26.2 Å². The lowest BCUT2D eigenvalue weighted by Gasteiger charge is -2.25. The predicted molar refractivity (Wildman–Crippen MR) is 140 cm³/mol. The van der Waals surface area contributed by atoms with Crippen LogP contribution in [0.4, 0.5) is 0 Å². The third kappa shape index (κ3) is 6.87. The molecule has 1 aromatic heterocycles. The number of ether oxygens (including phenoxy) is 3. The molecule has 2 aromatic carbocycles. The molecule has 3 aromatic rings. The van der Waals surface area contributed by atoms with E-state index in [0.29, 0.717) is 36.2 Å². The summed E-state index contributed by atoms with van der Waals surface area (Å²) in [4.78, 5) is 29.6. The van der Waals surface area contributed by atoms with Crippen molar-refractivity contribution in [2.45, 2.75) is 38.5 Å². The molecule has 0 aliphatic heterocycles. The molecule has 9 nitrogen and oxygen atoms in total. The minimum Gasteiger partial charge on any atom is -0.493 e. The van der Waals surface area contributed by atoms with Gasteiger partial charge in [0.15, 0.2) is 17.3 Å². The van der Waals surface area contributed by atoms with Gasteiger partial charge in [-0.2, -0.15) is 0 Å². The van der Waals surface area contributed by atoms with Crippen LogP contribution in [0, 0.1) is 5.92 Å². The number of methoxy groups -OCH3 is 2. The van der Waals surface area contributed by atoms with Gasteiger partial charge in [-0.3, -0.25) is 9.59 Å².